The topological polar surface area (TPSA) is 272 Å². The number of nitrogens with zero attached hydrogens (tertiary/aromatic N) is 3. The first-order valence-electron chi connectivity index (χ1n) is 10.1. The maximum Gasteiger partial charge on any atom is 0.490 e. The van der Waals surface area contributed by atoms with Crippen LogP contribution in [0.25, 0.3) is 0 Å². The van der Waals surface area contributed by atoms with E-state index in [4.69, 9.17) is 30.2 Å². The number of nitrogens with two attached hydrogens (primary N) is 1. The van der Waals surface area contributed by atoms with Gasteiger partial charge in [-0.3, -0.25) is 9.09 Å². The molecule has 0 bridgehead atoms. The lowest BCUT2D eigenvalue weighted by atomic mass is 10.2. The highest BCUT2D eigenvalue weighted by atomic mass is 31.3. The van der Waals surface area contributed by atoms with Crippen molar-refractivity contribution in [2.75, 3.05) is 18.9 Å². The quantitative estimate of drug-likeness (QED) is 0.0854. The summed E-state index contributed by atoms with van der Waals surface area (Å²) in [5, 5.41) is 12.7. The second-order valence-corrected chi connectivity index (χ2v) is 11.9. The van der Waals surface area contributed by atoms with Crippen LogP contribution in [-0.2, 0) is 36.4 Å². The Bertz CT molecular complexity index is 1260. The van der Waals surface area contributed by atoms with Crippen molar-refractivity contribution in [1.82, 2.24) is 9.55 Å². The number of ether oxygens (including phenoxy) is 1. The Morgan fingerprint density at radius 3 is 2.51 bits per heavy atom. The fourth-order valence-electron chi connectivity index (χ4n) is 2.77. The molecular formula is C16H25N4O14P3. The van der Waals surface area contributed by atoms with Crippen LogP contribution >= 0.6 is 23.5 Å². The molecule has 0 aliphatic carbocycles. The van der Waals surface area contributed by atoms with Gasteiger partial charge < -0.3 is 40.0 Å². The standard InChI is InChI=1S/C16H25N4O14P3/c1-10(2)19-32-12-7-14(20-8-11(5-3-4-6-21)15(17)18-16(20)22)31-13(12)9-30-36(26,27)34-37(28,29)33-35(23,24)25/h8,12-14,21H,4,6-7,9H2,1-2H3,(H,26,27)(H,28,29)(H2,17,18,22)(H2,23,24,25)/t12-,13-,14-/m1/s1. The molecular weight excluding hydrogens is 565 g/mol. The van der Waals surface area contributed by atoms with Gasteiger partial charge >= 0.3 is 29.2 Å². The molecule has 1 saturated heterocycles. The van der Waals surface area contributed by atoms with Crippen molar-refractivity contribution in [3.8, 4) is 11.8 Å². The van der Waals surface area contributed by atoms with E-state index in [0.29, 0.717) is 5.71 Å². The maximum absolute atomic E-state index is 12.4. The summed E-state index contributed by atoms with van der Waals surface area (Å²) in [7, 11) is -16.7. The molecule has 1 fully saturated rings. The summed E-state index contributed by atoms with van der Waals surface area (Å²) in [5.74, 6) is 5.13. The summed E-state index contributed by atoms with van der Waals surface area (Å²) < 4.78 is 53.0. The van der Waals surface area contributed by atoms with E-state index in [1.807, 2.05) is 0 Å². The van der Waals surface area contributed by atoms with E-state index >= 15 is 0 Å². The molecule has 1 aliphatic rings. The molecule has 1 aromatic rings. The summed E-state index contributed by atoms with van der Waals surface area (Å²) in [6, 6.07) is 0. The van der Waals surface area contributed by atoms with Gasteiger partial charge in [-0.2, -0.15) is 13.6 Å². The third kappa shape index (κ3) is 10.4. The number of aliphatic hydroxyl groups is 1. The minimum Gasteiger partial charge on any atom is -0.395 e. The van der Waals surface area contributed by atoms with E-state index in [1.165, 1.54) is 6.20 Å². The van der Waals surface area contributed by atoms with E-state index in [1.54, 1.807) is 13.8 Å². The van der Waals surface area contributed by atoms with Crippen molar-refractivity contribution in [1.29, 1.82) is 0 Å². The molecule has 208 valence electrons. The monoisotopic (exact) mass is 590 g/mol. The molecule has 0 saturated carbocycles. The number of oxime groups is 1. The van der Waals surface area contributed by atoms with Crippen molar-refractivity contribution >= 4 is 35.0 Å². The van der Waals surface area contributed by atoms with Crippen LogP contribution < -0.4 is 11.4 Å². The lowest BCUT2D eigenvalue weighted by molar-refractivity contribution is -0.0604. The van der Waals surface area contributed by atoms with Gasteiger partial charge in [-0.15, -0.1) is 0 Å². The fourth-order valence-corrected chi connectivity index (χ4v) is 5.80. The SMILES string of the molecule is CC(C)=NO[C@@H]1C[C@H](n2cc(C#CCCO)c(N)nc2=O)O[C@@H]1COP(=O)(O)OP(=O)(O)OP(=O)(O)O. The Balaban J connectivity index is 2.24. The molecule has 21 heteroatoms. The molecule has 5 atom stereocenters. The van der Waals surface area contributed by atoms with Gasteiger partial charge in [0.1, 0.15) is 18.1 Å². The zero-order valence-electron chi connectivity index (χ0n) is 19.3. The third-order valence-electron chi connectivity index (χ3n) is 4.12. The van der Waals surface area contributed by atoms with Crippen LogP contribution in [0.15, 0.2) is 16.1 Å². The minimum atomic E-state index is -5.72. The van der Waals surface area contributed by atoms with Crippen LogP contribution in [0, 0.1) is 11.8 Å². The van der Waals surface area contributed by atoms with Gasteiger partial charge in [0.05, 0.1) is 24.5 Å². The minimum absolute atomic E-state index is 0.0593. The number of hydrogen-bond acceptors (Lipinski definition) is 13. The second kappa shape index (κ2) is 12.7. The second-order valence-electron chi connectivity index (χ2n) is 7.44. The fraction of sp³-hybridized carbons (Fsp3) is 0.562. The van der Waals surface area contributed by atoms with Gasteiger partial charge in [0.2, 0.25) is 0 Å². The van der Waals surface area contributed by atoms with Crippen molar-refractivity contribution in [2.24, 2.45) is 5.16 Å². The molecule has 0 amide bonds. The molecule has 0 radical (unpaired) electrons. The Morgan fingerprint density at radius 2 is 1.92 bits per heavy atom. The van der Waals surface area contributed by atoms with Gasteiger partial charge in [0, 0.05) is 19.0 Å². The van der Waals surface area contributed by atoms with Crippen LogP contribution in [0.5, 0.6) is 0 Å². The average Bonchev–Trinajstić information content (AvgIpc) is 3.12. The number of aromatic nitrogens is 2. The Kier molecular flexibility index (Phi) is 10.8. The van der Waals surface area contributed by atoms with Crippen LogP contribution in [0.4, 0.5) is 5.82 Å². The molecule has 2 rings (SSSR count). The normalized spacial score (nSPS) is 22.8. The van der Waals surface area contributed by atoms with E-state index in [0.717, 1.165) is 4.57 Å². The van der Waals surface area contributed by atoms with Crippen LogP contribution in [-0.4, -0.2) is 65.4 Å². The van der Waals surface area contributed by atoms with Gasteiger partial charge in [-0.05, 0) is 13.8 Å². The zero-order valence-corrected chi connectivity index (χ0v) is 22.0. The lowest BCUT2D eigenvalue weighted by Crippen LogP contribution is -2.29. The molecule has 1 aromatic heterocycles. The molecule has 2 heterocycles. The molecule has 1 aliphatic heterocycles. The Morgan fingerprint density at radius 1 is 1.24 bits per heavy atom. The van der Waals surface area contributed by atoms with Gasteiger partial charge in [0.15, 0.2) is 6.10 Å². The summed E-state index contributed by atoms with van der Waals surface area (Å²) in [6.07, 6.45) is -1.94. The van der Waals surface area contributed by atoms with Crippen molar-refractivity contribution < 1.29 is 61.1 Å². The number of phosphoric ester groups is 1. The smallest absolute Gasteiger partial charge is 0.395 e. The number of phosphoric acid groups is 3. The van der Waals surface area contributed by atoms with Gasteiger partial charge in [-0.1, -0.05) is 17.0 Å². The summed E-state index contributed by atoms with van der Waals surface area (Å²) in [4.78, 5) is 57.7. The van der Waals surface area contributed by atoms with Crippen LogP contribution in [0.3, 0.4) is 0 Å². The number of aliphatic hydroxyl groups excluding tert-OH is 1. The summed E-state index contributed by atoms with van der Waals surface area (Å²) in [5.41, 5.74) is 5.55. The lowest BCUT2D eigenvalue weighted by Gasteiger charge is -2.20. The summed E-state index contributed by atoms with van der Waals surface area (Å²) in [6.45, 7) is 2.20. The molecule has 37 heavy (non-hydrogen) atoms. The van der Waals surface area contributed by atoms with Crippen LogP contribution in [0.1, 0.15) is 38.5 Å². The molecule has 7 N–H and O–H groups in total. The first-order chi connectivity index (χ1) is 17.0. The average molecular weight is 590 g/mol. The number of nitrogen functional groups attached to an aromatic ring is 1. The van der Waals surface area contributed by atoms with Gasteiger partial charge in [-0.25, -0.2) is 18.5 Å². The first-order valence-corrected chi connectivity index (χ1v) is 14.6. The predicted octanol–water partition coefficient (Wildman–Crippen LogP) is -0.0288. The highest BCUT2D eigenvalue weighted by Gasteiger charge is 2.44. The highest BCUT2D eigenvalue weighted by Crippen LogP contribution is 2.66. The highest BCUT2D eigenvalue weighted by molar-refractivity contribution is 7.66. The molecule has 0 spiro atoms. The third-order valence-corrected chi connectivity index (χ3v) is 7.92. The maximum atomic E-state index is 12.4. The zero-order chi connectivity index (χ0) is 28.0. The van der Waals surface area contributed by atoms with Gasteiger partial charge in [0.25, 0.3) is 0 Å². The van der Waals surface area contributed by atoms with E-state index < -0.39 is 54.2 Å². The first kappa shape index (κ1) is 31.3. The number of rotatable bonds is 11. The van der Waals surface area contributed by atoms with Crippen molar-refractivity contribution in [3.05, 3.63) is 22.2 Å². The van der Waals surface area contributed by atoms with Crippen molar-refractivity contribution in [2.45, 2.75) is 45.1 Å². The molecule has 2 unspecified atom stereocenters. The van der Waals surface area contributed by atoms with E-state index in [-0.39, 0.29) is 30.8 Å². The van der Waals surface area contributed by atoms with Crippen LogP contribution in [0.2, 0.25) is 0 Å². The van der Waals surface area contributed by atoms with Crippen molar-refractivity contribution in [3.63, 3.8) is 0 Å². The predicted molar refractivity (Wildman–Crippen MR) is 123 cm³/mol. The number of hydrogen-bond donors (Lipinski definition) is 6. The number of anilines is 1. The Hall–Kier alpha value is -1.96. The Labute approximate surface area is 209 Å². The van der Waals surface area contributed by atoms with E-state index in [9.17, 15) is 28.3 Å². The van der Waals surface area contributed by atoms with E-state index in [2.05, 4.69) is 35.1 Å². The largest absolute Gasteiger partial charge is 0.490 e. The molecule has 18 nitrogen and oxygen atoms in total. The summed E-state index contributed by atoms with van der Waals surface area (Å²) >= 11 is 0. The molecule has 0 aromatic carbocycles.